The van der Waals surface area contributed by atoms with Gasteiger partial charge in [0, 0.05) is 35.9 Å². The summed E-state index contributed by atoms with van der Waals surface area (Å²) in [7, 11) is 0. The number of nitrogens with one attached hydrogen (secondary N) is 2. The van der Waals surface area contributed by atoms with Crippen LogP contribution in [-0.2, 0) is 16.0 Å². The Morgan fingerprint density at radius 3 is 2.88 bits per heavy atom. The fourth-order valence-electron chi connectivity index (χ4n) is 3.58. The van der Waals surface area contributed by atoms with E-state index in [0.717, 1.165) is 47.4 Å². The zero-order valence-corrected chi connectivity index (χ0v) is 14.7. The molecule has 1 aromatic heterocycles. The maximum Gasteiger partial charge on any atom is 0.243 e. The van der Waals surface area contributed by atoms with Crippen molar-refractivity contribution >= 4 is 28.4 Å². The minimum atomic E-state index is -0.340. The number of aryl methyl sites for hydroxylation is 2. The van der Waals surface area contributed by atoms with Gasteiger partial charge in [0.1, 0.15) is 0 Å². The van der Waals surface area contributed by atoms with Crippen LogP contribution < -0.4 is 16.0 Å². The van der Waals surface area contributed by atoms with Crippen molar-refractivity contribution in [1.29, 1.82) is 0 Å². The Labute approximate surface area is 147 Å². The van der Waals surface area contributed by atoms with Crippen LogP contribution in [0.2, 0.25) is 0 Å². The number of rotatable bonds is 5. The van der Waals surface area contributed by atoms with Gasteiger partial charge in [0.25, 0.3) is 0 Å². The quantitative estimate of drug-likeness (QED) is 0.724. The summed E-state index contributed by atoms with van der Waals surface area (Å²) in [5, 5.41) is 4.10. The van der Waals surface area contributed by atoms with E-state index in [1.54, 1.807) is 0 Å². The molecule has 132 valence electrons. The topological polar surface area (TPSA) is 91.2 Å². The van der Waals surface area contributed by atoms with E-state index >= 15 is 0 Å². The normalized spacial score (nSPS) is 17.0. The van der Waals surface area contributed by atoms with Gasteiger partial charge >= 0.3 is 0 Å². The number of H-pyrrole nitrogens is 1. The predicted molar refractivity (Wildman–Crippen MR) is 99.6 cm³/mol. The second-order valence-corrected chi connectivity index (χ2v) is 6.66. The van der Waals surface area contributed by atoms with Gasteiger partial charge in [-0.1, -0.05) is 12.6 Å². The van der Waals surface area contributed by atoms with Crippen molar-refractivity contribution in [3.8, 4) is 0 Å². The van der Waals surface area contributed by atoms with Crippen molar-refractivity contribution in [3.63, 3.8) is 0 Å². The first-order chi connectivity index (χ1) is 11.9. The molecule has 25 heavy (non-hydrogen) atoms. The van der Waals surface area contributed by atoms with Gasteiger partial charge in [0.05, 0.1) is 11.9 Å². The molecule has 1 aromatic carbocycles. The highest BCUT2D eigenvalue weighted by molar-refractivity contribution is 5.99. The van der Waals surface area contributed by atoms with E-state index in [1.807, 2.05) is 13.0 Å². The summed E-state index contributed by atoms with van der Waals surface area (Å²) in [4.78, 5) is 28.6. The second kappa shape index (κ2) is 6.63. The standard InChI is InChI=1S/C19H24N4O2/c1-4-17(25)22-14-7-8-23(10-14)15-6-5-13(9-16(20)24)19-18(15)11(2)12(3)21-19/h4-6,14,21H,1,7-10H2,2-3H3,(H2,20,24)(H,22,25)/t14-/m1/s1. The maximum absolute atomic E-state index is 11.5. The molecule has 1 aliphatic heterocycles. The number of aromatic amines is 1. The van der Waals surface area contributed by atoms with Crippen molar-refractivity contribution in [2.75, 3.05) is 18.0 Å². The average Bonchev–Trinajstić information content (AvgIpc) is 3.13. The SMILES string of the molecule is C=CC(=O)N[C@@H]1CCN(c2ccc(CC(N)=O)c3[nH]c(C)c(C)c23)C1. The van der Waals surface area contributed by atoms with Gasteiger partial charge in [-0.2, -0.15) is 0 Å². The van der Waals surface area contributed by atoms with Crippen LogP contribution in [0.1, 0.15) is 23.2 Å². The van der Waals surface area contributed by atoms with Gasteiger partial charge in [0.15, 0.2) is 0 Å². The highest BCUT2D eigenvalue weighted by Gasteiger charge is 2.26. The Balaban J connectivity index is 1.96. The largest absolute Gasteiger partial charge is 0.369 e. The third kappa shape index (κ3) is 3.24. The van der Waals surface area contributed by atoms with Crippen LogP contribution in [0.4, 0.5) is 5.69 Å². The molecule has 4 N–H and O–H groups in total. The molecular weight excluding hydrogens is 316 g/mol. The molecule has 2 heterocycles. The number of primary amides is 1. The van der Waals surface area contributed by atoms with Crippen molar-refractivity contribution < 1.29 is 9.59 Å². The number of hydrogen-bond acceptors (Lipinski definition) is 3. The van der Waals surface area contributed by atoms with Crippen LogP contribution in [0, 0.1) is 13.8 Å². The van der Waals surface area contributed by atoms with E-state index in [1.165, 1.54) is 11.6 Å². The molecule has 0 radical (unpaired) electrons. The Bertz CT molecular complexity index is 853. The van der Waals surface area contributed by atoms with Crippen molar-refractivity contribution in [2.45, 2.75) is 32.7 Å². The van der Waals surface area contributed by atoms with E-state index in [9.17, 15) is 9.59 Å². The number of carbonyl (C=O) groups is 2. The van der Waals surface area contributed by atoms with Gasteiger partial charge in [-0.05, 0) is 43.5 Å². The zero-order valence-electron chi connectivity index (χ0n) is 14.7. The molecule has 1 fully saturated rings. The Kier molecular flexibility index (Phi) is 4.53. The van der Waals surface area contributed by atoms with Gasteiger partial charge in [-0.15, -0.1) is 0 Å². The molecule has 2 aromatic rings. The van der Waals surface area contributed by atoms with Crippen LogP contribution in [0.15, 0.2) is 24.8 Å². The summed E-state index contributed by atoms with van der Waals surface area (Å²) in [5.74, 6) is -0.477. The third-order valence-corrected chi connectivity index (χ3v) is 4.95. The number of hydrogen-bond donors (Lipinski definition) is 3. The average molecular weight is 340 g/mol. The van der Waals surface area contributed by atoms with Crippen molar-refractivity contribution in [3.05, 3.63) is 41.6 Å². The minimum Gasteiger partial charge on any atom is -0.369 e. The van der Waals surface area contributed by atoms with Gasteiger partial charge in [0.2, 0.25) is 11.8 Å². The summed E-state index contributed by atoms with van der Waals surface area (Å²) < 4.78 is 0. The third-order valence-electron chi connectivity index (χ3n) is 4.95. The lowest BCUT2D eigenvalue weighted by atomic mass is 10.0. The minimum absolute atomic E-state index is 0.117. The number of aromatic nitrogens is 1. The first-order valence-corrected chi connectivity index (χ1v) is 8.47. The molecule has 6 nitrogen and oxygen atoms in total. The number of carbonyl (C=O) groups excluding carboxylic acids is 2. The molecule has 0 spiro atoms. The predicted octanol–water partition coefficient (Wildman–Crippen LogP) is 1.69. The van der Waals surface area contributed by atoms with Gasteiger partial charge in [-0.3, -0.25) is 9.59 Å². The molecule has 6 heteroatoms. The Morgan fingerprint density at radius 2 is 2.20 bits per heavy atom. The fourth-order valence-corrected chi connectivity index (χ4v) is 3.58. The summed E-state index contributed by atoms with van der Waals surface area (Å²) >= 11 is 0. The van der Waals surface area contributed by atoms with E-state index in [0.29, 0.717) is 0 Å². The summed E-state index contributed by atoms with van der Waals surface area (Å²) in [5.41, 5.74) is 10.7. The van der Waals surface area contributed by atoms with E-state index < -0.39 is 0 Å². The maximum atomic E-state index is 11.5. The highest BCUT2D eigenvalue weighted by atomic mass is 16.1. The summed E-state index contributed by atoms with van der Waals surface area (Å²) in [6, 6.07) is 4.14. The number of amides is 2. The lowest BCUT2D eigenvalue weighted by Crippen LogP contribution is -2.36. The molecule has 3 rings (SSSR count). The number of fused-ring (bicyclic) bond motifs is 1. The lowest BCUT2D eigenvalue weighted by molar-refractivity contribution is -0.118. The molecule has 1 atom stereocenters. The van der Waals surface area contributed by atoms with Gasteiger partial charge < -0.3 is 20.9 Å². The van der Waals surface area contributed by atoms with Gasteiger partial charge in [-0.25, -0.2) is 0 Å². The van der Waals surface area contributed by atoms with E-state index in [-0.39, 0.29) is 24.3 Å². The first-order valence-electron chi connectivity index (χ1n) is 8.47. The van der Waals surface area contributed by atoms with Crippen molar-refractivity contribution in [1.82, 2.24) is 10.3 Å². The highest BCUT2D eigenvalue weighted by Crippen LogP contribution is 2.35. The molecule has 1 aliphatic rings. The summed E-state index contributed by atoms with van der Waals surface area (Å²) in [6.07, 6.45) is 2.42. The molecular formula is C19H24N4O2. The first kappa shape index (κ1) is 17.1. The number of anilines is 1. The molecule has 0 unspecified atom stereocenters. The summed E-state index contributed by atoms with van der Waals surface area (Å²) in [6.45, 7) is 9.24. The second-order valence-electron chi connectivity index (χ2n) is 6.66. The molecule has 2 amide bonds. The smallest absolute Gasteiger partial charge is 0.243 e. The van der Waals surface area contributed by atoms with Crippen LogP contribution in [0.25, 0.3) is 10.9 Å². The lowest BCUT2D eigenvalue weighted by Gasteiger charge is -2.21. The van der Waals surface area contributed by atoms with Crippen LogP contribution >= 0.6 is 0 Å². The number of nitrogens with zero attached hydrogens (tertiary/aromatic N) is 1. The molecule has 0 bridgehead atoms. The van der Waals surface area contributed by atoms with Crippen LogP contribution in [-0.4, -0.2) is 35.9 Å². The molecule has 1 saturated heterocycles. The van der Waals surface area contributed by atoms with E-state index in [2.05, 4.69) is 34.8 Å². The monoisotopic (exact) mass is 340 g/mol. The Morgan fingerprint density at radius 1 is 1.44 bits per heavy atom. The zero-order chi connectivity index (χ0) is 18.1. The molecule has 0 saturated carbocycles. The van der Waals surface area contributed by atoms with Crippen LogP contribution in [0.5, 0.6) is 0 Å². The molecule has 0 aliphatic carbocycles. The number of benzene rings is 1. The number of nitrogens with two attached hydrogens (primary N) is 1. The van der Waals surface area contributed by atoms with Crippen molar-refractivity contribution in [2.24, 2.45) is 5.73 Å². The van der Waals surface area contributed by atoms with E-state index in [4.69, 9.17) is 5.73 Å². The van der Waals surface area contributed by atoms with Crippen LogP contribution in [0.3, 0.4) is 0 Å². The Hall–Kier alpha value is -2.76. The fraction of sp³-hybridized carbons (Fsp3) is 0.368.